The van der Waals surface area contributed by atoms with Gasteiger partial charge in [0.1, 0.15) is 0 Å². The third kappa shape index (κ3) is 4.82. The van der Waals surface area contributed by atoms with Gasteiger partial charge in [-0.25, -0.2) is 0 Å². The van der Waals surface area contributed by atoms with Crippen LogP contribution in [0.15, 0.2) is 24.3 Å². The lowest BCUT2D eigenvalue weighted by Crippen LogP contribution is -2.28. The van der Waals surface area contributed by atoms with Crippen molar-refractivity contribution in [3.8, 4) is 0 Å². The maximum absolute atomic E-state index is 3.51. The average Bonchev–Trinajstić information content (AvgIpc) is 2.95. The van der Waals surface area contributed by atoms with Crippen LogP contribution in [0.25, 0.3) is 0 Å². The van der Waals surface area contributed by atoms with Crippen LogP contribution in [0.3, 0.4) is 0 Å². The molecule has 1 saturated heterocycles. The Kier molecular flexibility index (Phi) is 6.72. The van der Waals surface area contributed by atoms with E-state index in [0.29, 0.717) is 5.92 Å². The minimum absolute atomic E-state index is 0.598. The molecule has 1 aromatic rings. The van der Waals surface area contributed by atoms with Crippen LogP contribution in [-0.4, -0.2) is 30.6 Å². The van der Waals surface area contributed by atoms with Crippen molar-refractivity contribution in [2.45, 2.75) is 65.0 Å². The molecule has 118 valence electrons. The van der Waals surface area contributed by atoms with Crippen LogP contribution in [0.5, 0.6) is 0 Å². The Morgan fingerprint density at radius 2 is 2.00 bits per heavy atom. The van der Waals surface area contributed by atoms with Crippen LogP contribution in [0.4, 0.5) is 0 Å². The van der Waals surface area contributed by atoms with Crippen LogP contribution in [0.1, 0.15) is 63.5 Å². The van der Waals surface area contributed by atoms with Gasteiger partial charge in [0.25, 0.3) is 0 Å². The highest BCUT2D eigenvalue weighted by Gasteiger charge is 2.22. The Bertz CT molecular complexity index is 399. The zero-order valence-electron chi connectivity index (χ0n) is 14.1. The minimum Gasteiger partial charge on any atom is -0.316 e. The van der Waals surface area contributed by atoms with Crippen molar-refractivity contribution < 1.29 is 0 Å². The van der Waals surface area contributed by atoms with Gasteiger partial charge in [0.05, 0.1) is 0 Å². The first-order valence-electron chi connectivity index (χ1n) is 8.78. The molecule has 2 nitrogen and oxygen atoms in total. The topological polar surface area (TPSA) is 15.3 Å². The van der Waals surface area contributed by atoms with Crippen LogP contribution in [-0.2, 0) is 6.54 Å². The largest absolute Gasteiger partial charge is 0.316 e. The Hall–Kier alpha value is -0.860. The zero-order valence-corrected chi connectivity index (χ0v) is 14.1. The Morgan fingerprint density at radius 1 is 1.24 bits per heavy atom. The van der Waals surface area contributed by atoms with Crippen molar-refractivity contribution in [3.63, 3.8) is 0 Å². The summed E-state index contributed by atoms with van der Waals surface area (Å²) in [6.07, 6.45) is 5.25. The number of likely N-dealkylation sites (tertiary alicyclic amines) is 1. The maximum Gasteiger partial charge on any atom is 0.0236 e. The van der Waals surface area contributed by atoms with E-state index in [1.807, 2.05) is 0 Å². The molecule has 0 amide bonds. The SMILES string of the molecule is CCCNCC(C)c1ccc(CN2CCCC2CC)cc1. The molecule has 1 aliphatic heterocycles. The van der Waals surface area contributed by atoms with Crippen LogP contribution in [0, 0.1) is 0 Å². The molecule has 1 aromatic carbocycles. The highest BCUT2D eigenvalue weighted by molar-refractivity contribution is 5.25. The molecule has 0 aromatic heterocycles. The zero-order chi connectivity index (χ0) is 15.1. The summed E-state index contributed by atoms with van der Waals surface area (Å²) in [4.78, 5) is 2.65. The second kappa shape index (κ2) is 8.55. The molecule has 0 spiro atoms. The van der Waals surface area contributed by atoms with Crippen molar-refractivity contribution in [1.82, 2.24) is 10.2 Å². The van der Waals surface area contributed by atoms with Gasteiger partial charge in [-0.15, -0.1) is 0 Å². The summed E-state index contributed by atoms with van der Waals surface area (Å²) in [7, 11) is 0. The first-order valence-corrected chi connectivity index (χ1v) is 8.78. The Labute approximate surface area is 130 Å². The standard InChI is InChI=1S/C19H32N2/c1-4-12-20-14-16(3)18-10-8-17(9-11-18)15-21-13-6-7-19(21)5-2/h8-11,16,19-20H,4-7,12-15H2,1-3H3. The molecule has 0 saturated carbocycles. The van der Waals surface area contributed by atoms with Crippen LogP contribution >= 0.6 is 0 Å². The van der Waals surface area contributed by atoms with E-state index in [4.69, 9.17) is 0 Å². The molecule has 0 bridgehead atoms. The number of hydrogen-bond donors (Lipinski definition) is 1. The lowest BCUT2D eigenvalue weighted by Gasteiger charge is -2.23. The van der Waals surface area contributed by atoms with E-state index in [9.17, 15) is 0 Å². The maximum atomic E-state index is 3.51. The van der Waals surface area contributed by atoms with Gasteiger partial charge < -0.3 is 5.32 Å². The van der Waals surface area contributed by atoms with E-state index in [1.54, 1.807) is 0 Å². The van der Waals surface area contributed by atoms with Gasteiger partial charge in [-0.05, 0) is 55.8 Å². The quantitative estimate of drug-likeness (QED) is 0.722. The van der Waals surface area contributed by atoms with Gasteiger partial charge in [0.15, 0.2) is 0 Å². The summed E-state index contributed by atoms with van der Waals surface area (Å²) in [5.41, 5.74) is 2.92. The summed E-state index contributed by atoms with van der Waals surface area (Å²) in [5.74, 6) is 0.598. The van der Waals surface area contributed by atoms with E-state index in [-0.39, 0.29) is 0 Å². The fraction of sp³-hybridized carbons (Fsp3) is 0.684. The van der Waals surface area contributed by atoms with Gasteiger partial charge in [-0.1, -0.05) is 45.0 Å². The molecular weight excluding hydrogens is 256 g/mol. The van der Waals surface area contributed by atoms with Gasteiger partial charge >= 0.3 is 0 Å². The van der Waals surface area contributed by atoms with Gasteiger partial charge in [0.2, 0.25) is 0 Å². The van der Waals surface area contributed by atoms with Crippen LogP contribution in [0.2, 0.25) is 0 Å². The highest BCUT2D eigenvalue weighted by Crippen LogP contribution is 2.23. The normalized spacial score (nSPS) is 20.8. The van der Waals surface area contributed by atoms with Crippen molar-refractivity contribution in [2.75, 3.05) is 19.6 Å². The third-order valence-corrected chi connectivity index (χ3v) is 4.78. The van der Waals surface area contributed by atoms with Crippen molar-refractivity contribution in [2.24, 2.45) is 0 Å². The number of nitrogens with one attached hydrogen (secondary N) is 1. The highest BCUT2D eigenvalue weighted by atomic mass is 15.2. The van der Waals surface area contributed by atoms with Gasteiger partial charge in [0, 0.05) is 19.1 Å². The number of rotatable bonds is 8. The summed E-state index contributed by atoms with van der Waals surface area (Å²) >= 11 is 0. The lowest BCUT2D eigenvalue weighted by molar-refractivity contribution is 0.240. The van der Waals surface area contributed by atoms with Gasteiger partial charge in [-0.2, -0.15) is 0 Å². The molecule has 1 heterocycles. The van der Waals surface area contributed by atoms with E-state index >= 15 is 0 Å². The van der Waals surface area contributed by atoms with Crippen molar-refractivity contribution >= 4 is 0 Å². The van der Waals surface area contributed by atoms with Crippen molar-refractivity contribution in [1.29, 1.82) is 0 Å². The Morgan fingerprint density at radius 3 is 2.67 bits per heavy atom. The van der Waals surface area contributed by atoms with Gasteiger partial charge in [-0.3, -0.25) is 4.90 Å². The van der Waals surface area contributed by atoms with Crippen LogP contribution < -0.4 is 5.32 Å². The monoisotopic (exact) mass is 288 g/mol. The predicted molar refractivity (Wildman–Crippen MR) is 91.7 cm³/mol. The third-order valence-electron chi connectivity index (χ3n) is 4.78. The minimum atomic E-state index is 0.598. The first-order chi connectivity index (χ1) is 10.2. The number of hydrogen-bond acceptors (Lipinski definition) is 2. The lowest BCUT2D eigenvalue weighted by atomic mass is 9.99. The summed E-state index contributed by atoms with van der Waals surface area (Å²) < 4.78 is 0. The first kappa shape index (κ1) is 16.5. The molecule has 1 N–H and O–H groups in total. The molecule has 21 heavy (non-hydrogen) atoms. The summed E-state index contributed by atoms with van der Waals surface area (Å²) in [6.45, 7) is 11.4. The molecule has 2 heteroatoms. The van der Waals surface area contributed by atoms with E-state index in [2.05, 4.69) is 55.3 Å². The fourth-order valence-electron chi connectivity index (χ4n) is 3.36. The molecule has 2 unspecified atom stereocenters. The second-order valence-corrected chi connectivity index (χ2v) is 6.52. The number of nitrogens with zero attached hydrogens (tertiary/aromatic N) is 1. The average molecular weight is 288 g/mol. The molecule has 1 aliphatic rings. The van der Waals surface area contributed by atoms with E-state index in [0.717, 1.165) is 25.7 Å². The Balaban J connectivity index is 1.86. The van der Waals surface area contributed by atoms with E-state index < -0.39 is 0 Å². The smallest absolute Gasteiger partial charge is 0.0236 e. The molecule has 1 fully saturated rings. The summed E-state index contributed by atoms with van der Waals surface area (Å²) in [6, 6.07) is 10.1. The molecule has 2 atom stereocenters. The fourth-order valence-corrected chi connectivity index (χ4v) is 3.36. The molecule has 2 rings (SSSR count). The molecular formula is C19H32N2. The van der Waals surface area contributed by atoms with Crippen molar-refractivity contribution in [3.05, 3.63) is 35.4 Å². The van der Waals surface area contributed by atoms with E-state index in [1.165, 1.54) is 43.4 Å². The summed E-state index contributed by atoms with van der Waals surface area (Å²) in [5, 5.41) is 3.51. The molecule has 0 radical (unpaired) electrons. The molecule has 0 aliphatic carbocycles. The predicted octanol–water partition coefficient (Wildman–Crippen LogP) is 4.16. The second-order valence-electron chi connectivity index (χ2n) is 6.52. The number of benzene rings is 1.